The van der Waals surface area contributed by atoms with Crippen LogP contribution >= 0.6 is 23.2 Å². The molecule has 0 aromatic heterocycles. The molecule has 0 saturated carbocycles. The van der Waals surface area contributed by atoms with Crippen LogP contribution in [0.15, 0.2) is 18.2 Å². The first-order chi connectivity index (χ1) is 7.99. The summed E-state index contributed by atoms with van der Waals surface area (Å²) in [6.45, 7) is 4.02. The van der Waals surface area contributed by atoms with Crippen molar-refractivity contribution in [3.8, 4) is 0 Å². The van der Waals surface area contributed by atoms with Crippen LogP contribution < -0.4 is 5.32 Å². The maximum atomic E-state index is 6.10. The highest BCUT2D eigenvalue weighted by Gasteiger charge is 2.05. The quantitative estimate of drug-likeness (QED) is 0.855. The van der Waals surface area contributed by atoms with E-state index in [0.29, 0.717) is 6.04 Å². The molecule has 0 aliphatic carbocycles. The molecule has 1 N–H and O–H groups in total. The minimum absolute atomic E-state index is 0.465. The Bertz CT molecular complexity index is 353. The van der Waals surface area contributed by atoms with Crippen LogP contribution in [0.1, 0.15) is 18.9 Å². The van der Waals surface area contributed by atoms with Crippen molar-refractivity contribution >= 4 is 23.2 Å². The minimum atomic E-state index is 0.465. The zero-order valence-corrected chi connectivity index (χ0v) is 12.1. The van der Waals surface area contributed by atoms with E-state index < -0.39 is 0 Å². The fourth-order valence-electron chi connectivity index (χ4n) is 1.52. The predicted octanol–water partition coefficient (Wildman–Crippen LogP) is 3.42. The molecule has 2 nitrogen and oxygen atoms in total. The average Bonchev–Trinajstić information content (AvgIpc) is 2.27. The normalized spacial score (nSPS) is 13.1. The molecule has 0 aliphatic rings. The summed E-state index contributed by atoms with van der Waals surface area (Å²) in [6, 6.07) is 6.02. The Balaban J connectivity index is 2.41. The molecule has 1 rings (SSSR count). The third kappa shape index (κ3) is 5.73. The monoisotopic (exact) mass is 274 g/mol. The Morgan fingerprint density at radius 2 is 2.00 bits per heavy atom. The lowest BCUT2D eigenvalue weighted by Gasteiger charge is -2.17. The lowest BCUT2D eigenvalue weighted by Crippen LogP contribution is -2.29. The maximum Gasteiger partial charge on any atom is 0.0451 e. The van der Waals surface area contributed by atoms with Crippen LogP contribution in [0, 0.1) is 0 Å². The minimum Gasteiger partial charge on any atom is -0.310 e. The number of benzene rings is 1. The largest absolute Gasteiger partial charge is 0.310 e. The second-order valence-corrected chi connectivity index (χ2v) is 5.45. The van der Waals surface area contributed by atoms with Crippen LogP contribution in [0.25, 0.3) is 0 Å². The molecule has 1 atom stereocenters. The number of halogens is 2. The summed E-state index contributed by atoms with van der Waals surface area (Å²) in [7, 11) is 4.17. The molecule has 0 bridgehead atoms. The van der Waals surface area contributed by atoms with Gasteiger partial charge in [0.05, 0.1) is 0 Å². The molecule has 0 spiro atoms. The van der Waals surface area contributed by atoms with Gasteiger partial charge in [0, 0.05) is 22.6 Å². The van der Waals surface area contributed by atoms with Gasteiger partial charge in [-0.25, -0.2) is 0 Å². The molecule has 17 heavy (non-hydrogen) atoms. The Morgan fingerprint density at radius 3 is 2.65 bits per heavy atom. The molecular weight excluding hydrogens is 255 g/mol. The number of nitrogens with one attached hydrogen (secondary N) is 1. The van der Waals surface area contributed by atoms with E-state index in [1.54, 1.807) is 0 Å². The number of hydrogen-bond acceptors (Lipinski definition) is 2. The first-order valence-corrected chi connectivity index (χ1v) is 6.56. The van der Waals surface area contributed by atoms with E-state index in [0.717, 1.165) is 35.1 Å². The second kappa shape index (κ2) is 7.22. The van der Waals surface area contributed by atoms with Gasteiger partial charge >= 0.3 is 0 Å². The first-order valence-electron chi connectivity index (χ1n) is 5.81. The van der Waals surface area contributed by atoms with Crippen LogP contribution in [0.5, 0.6) is 0 Å². The van der Waals surface area contributed by atoms with Gasteiger partial charge in [-0.3, -0.25) is 0 Å². The second-order valence-electron chi connectivity index (χ2n) is 4.61. The molecule has 0 saturated heterocycles. The van der Waals surface area contributed by atoms with E-state index in [-0.39, 0.29) is 0 Å². The maximum absolute atomic E-state index is 6.10. The zero-order chi connectivity index (χ0) is 12.8. The Labute approximate surface area is 114 Å². The fraction of sp³-hybridized carbons (Fsp3) is 0.538. The first kappa shape index (κ1) is 14.8. The molecule has 0 radical (unpaired) electrons. The molecule has 0 fully saturated rings. The lowest BCUT2D eigenvalue weighted by atomic mass is 10.2. The molecule has 1 aromatic rings. The molecule has 0 heterocycles. The zero-order valence-electron chi connectivity index (χ0n) is 10.6. The topological polar surface area (TPSA) is 15.3 Å². The number of nitrogens with zero attached hydrogens (tertiary/aromatic N) is 1. The van der Waals surface area contributed by atoms with Crippen molar-refractivity contribution in [1.82, 2.24) is 10.2 Å². The molecule has 4 heteroatoms. The van der Waals surface area contributed by atoms with Gasteiger partial charge in [0.1, 0.15) is 0 Å². The summed E-state index contributed by atoms with van der Waals surface area (Å²) >= 11 is 12.0. The third-order valence-corrected chi connectivity index (χ3v) is 3.26. The molecule has 1 unspecified atom stereocenters. The standard InChI is InChI=1S/C13H20Cl2N2/c1-10(6-7-17(2)3)16-9-11-8-12(14)4-5-13(11)15/h4-5,8,10,16H,6-7,9H2,1-3H3. The smallest absolute Gasteiger partial charge is 0.0451 e. The summed E-state index contributed by atoms with van der Waals surface area (Å²) < 4.78 is 0. The van der Waals surface area contributed by atoms with Crippen molar-refractivity contribution in [2.45, 2.75) is 25.9 Å². The molecule has 0 aliphatic heterocycles. The van der Waals surface area contributed by atoms with Gasteiger partial charge in [0.25, 0.3) is 0 Å². The van der Waals surface area contributed by atoms with Crippen molar-refractivity contribution in [2.24, 2.45) is 0 Å². The highest BCUT2D eigenvalue weighted by molar-refractivity contribution is 6.33. The molecule has 96 valence electrons. The highest BCUT2D eigenvalue weighted by Crippen LogP contribution is 2.20. The van der Waals surface area contributed by atoms with Gasteiger partial charge in [-0.05, 0) is 57.7 Å². The predicted molar refractivity (Wildman–Crippen MR) is 75.9 cm³/mol. The van der Waals surface area contributed by atoms with Crippen molar-refractivity contribution in [1.29, 1.82) is 0 Å². The number of hydrogen-bond donors (Lipinski definition) is 1. The van der Waals surface area contributed by atoms with E-state index in [1.807, 2.05) is 18.2 Å². The van der Waals surface area contributed by atoms with Gasteiger partial charge in [0.15, 0.2) is 0 Å². The van der Waals surface area contributed by atoms with Crippen LogP contribution in [0.2, 0.25) is 10.0 Å². The van der Waals surface area contributed by atoms with Crippen LogP contribution in [0.3, 0.4) is 0 Å². The SMILES string of the molecule is CC(CCN(C)C)NCc1cc(Cl)ccc1Cl. The summed E-state index contributed by atoms with van der Waals surface area (Å²) in [5.41, 5.74) is 1.05. The molecular formula is C13H20Cl2N2. The van der Waals surface area contributed by atoms with Gasteiger partial charge < -0.3 is 10.2 Å². The van der Waals surface area contributed by atoms with Crippen molar-refractivity contribution in [2.75, 3.05) is 20.6 Å². The Morgan fingerprint density at radius 1 is 1.29 bits per heavy atom. The fourth-order valence-corrected chi connectivity index (χ4v) is 1.90. The van der Waals surface area contributed by atoms with Crippen molar-refractivity contribution < 1.29 is 0 Å². The van der Waals surface area contributed by atoms with Gasteiger partial charge in [-0.2, -0.15) is 0 Å². The van der Waals surface area contributed by atoms with Crippen LogP contribution in [-0.2, 0) is 6.54 Å². The summed E-state index contributed by atoms with van der Waals surface area (Å²) in [5.74, 6) is 0. The molecule has 1 aromatic carbocycles. The van der Waals surface area contributed by atoms with Crippen LogP contribution in [0.4, 0.5) is 0 Å². The average molecular weight is 275 g/mol. The summed E-state index contributed by atoms with van der Waals surface area (Å²) in [4.78, 5) is 2.19. The lowest BCUT2D eigenvalue weighted by molar-refractivity contribution is 0.365. The number of rotatable bonds is 6. The van der Waals surface area contributed by atoms with Gasteiger partial charge in [0.2, 0.25) is 0 Å². The Kier molecular flexibility index (Phi) is 6.28. The molecule has 0 amide bonds. The summed E-state index contributed by atoms with van der Waals surface area (Å²) in [6.07, 6.45) is 1.12. The van der Waals surface area contributed by atoms with Gasteiger partial charge in [-0.15, -0.1) is 0 Å². The van der Waals surface area contributed by atoms with Crippen LogP contribution in [-0.4, -0.2) is 31.6 Å². The van der Waals surface area contributed by atoms with E-state index in [1.165, 1.54) is 0 Å². The highest BCUT2D eigenvalue weighted by atomic mass is 35.5. The van der Waals surface area contributed by atoms with Gasteiger partial charge in [-0.1, -0.05) is 23.2 Å². The summed E-state index contributed by atoms with van der Waals surface area (Å²) in [5, 5.41) is 4.95. The van der Waals surface area contributed by atoms with E-state index in [9.17, 15) is 0 Å². The Hall–Kier alpha value is -0.280. The van der Waals surface area contributed by atoms with Crippen molar-refractivity contribution in [3.63, 3.8) is 0 Å². The third-order valence-electron chi connectivity index (χ3n) is 2.66. The van der Waals surface area contributed by atoms with E-state index in [4.69, 9.17) is 23.2 Å². The van der Waals surface area contributed by atoms with E-state index >= 15 is 0 Å². The van der Waals surface area contributed by atoms with Crippen molar-refractivity contribution in [3.05, 3.63) is 33.8 Å². The van der Waals surface area contributed by atoms with E-state index in [2.05, 4.69) is 31.2 Å².